The van der Waals surface area contributed by atoms with E-state index in [1.54, 1.807) is 26.0 Å². The largest absolute Gasteiger partial charge is 0.456 e. The van der Waals surface area contributed by atoms with Crippen molar-refractivity contribution in [2.75, 3.05) is 6.61 Å². The van der Waals surface area contributed by atoms with E-state index in [9.17, 15) is 28.0 Å². The normalized spacial score (nSPS) is 14.1. The van der Waals surface area contributed by atoms with Crippen molar-refractivity contribution in [1.82, 2.24) is 4.90 Å². The van der Waals surface area contributed by atoms with Crippen LogP contribution in [0.4, 0.5) is 8.78 Å². The fourth-order valence-electron chi connectivity index (χ4n) is 3.31. The van der Waals surface area contributed by atoms with Crippen LogP contribution in [-0.4, -0.2) is 41.1 Å². The van der Waals surface area contributed by atoms with Crippen LogP contribution in [0.25, 0.3) is 0 Å². The van der Waals surface area contributed by atoms with Crippen LogP contribution in [-0.2, 0) is 9.53 Å². The van der Waals surface area contributed by atoms with Crippen molar-refractivity contribution in [2.45, 2.75) is 26.3 Å². The summed E-state index contributed by atoms with van der Waals surface area (Å²) in [5.74, 6) is -5.57. The van der Waals surface area contributed by atoms with Crippen LogP contribution in [0.3, 0.4) is 0 Å². The molecule has 1 heterocycles. The maximum Gasteiger partial charge on any atom is 0.329 e. The van der Waals surface area contributed by atoms with Crippen LogP contribution in [0.2, 0.25) is 0 Å². The van der Waals surface area contributed by atoms with Gasteiger partial charge in [0.1, 0.15) is 17.7 Å². The minimum Gasteiger partial charge on any atom is -0.456 e. The smallest absolute Gasteiger partial charge is 0.329 e. The number of Topliss-reactive ketones (excluding diaryl/α,β-unsaturated/α-hetero) is 1. The molecule has 0 saturated carbocycles. The lowest BCUT2D eigenvalue weighted by Gasteiger charge is -2.25. The van der Waals surface area contributed by atoms with Gasteiger partial charge in [-0.3, -0.25) is 19.3 Å². The number of esters is 1. The van der Waals surface area contributed by atoms with Gasteiger partial charge in [0.05, 0.1) is 16.7 Å². The first-order chi connectivity index (χ1) is 14.2. The van der Waals surface area contributed by atoms with Crippen LogP contribution < -0.4 is 0 Å². The second-order valence-corrected chi connectivity index (χ2v) is 7.30. The molecule has 0 unspecified atom stereocenters. The molecule has 1 aliphatic rings. The number of carbonyl (C=O) groups excluding carboxylic acids is 4. The molecule has 0 saturated heterocycles. The van der Waals surface area contributed by atoms with Gasteiger partial charge in [0.15, 0.2) is 6.61 Å². The maximum absolute atomic E-state index is 13.8. The summed E-state index contributed by atoms with van der Waals surface area (Å²) in [5.41, 5.74) is -0.464. The number of ketones is 1. The van der Waals surface area contributed by atoms with E-state index in [0.717, 1.165) is 23.1 Å². The molecule has 0 spiro atoms. The van der Waals surface area contributed by atoms with Gasteiger partial charge in [0.25, 0.3) is 11.8 Å². The number of fused-ring (bicyclic) bond motifs is 1. The van der Waals surface area contributed by atoms with E-state index >= 15 is 0 Å². The SMILES string of the molecule is CC(C)C[C@@H](C(=O)OCC(=O)c1c(F)cccc1F)N1C(=O)c2ccccc2C1=O. The highest BCUT2D eigenvalue weighted by atomic mass is 19.1. The highest BCUT2D eigenvalue weighted by Crippen LogP contribution is 2.27. The monoisotopic (exact) mass is 415 g/mol. The van der Waals surface area contributed by atoms with E-state index in [-0.39, 0.29) is 23.5 Å². The van der Waals surface area contributed by atoms with Crippen LogP contribution in [0.5, 0.6) is 0 Å². The molecule has 2 amide bonds. The summed E-state index contributed by atoms with van der Waals surface area (Å²) in [7, 11) is 0. The highest BCUT2D eigenvalue weighted by Gasteiger charge is 2.43. The summed E-state index contributed by atoms with van der Waals surface area (Å²) in [6.07, 6.45) is 0.104. The Kier molecular flexibility index (Phi) is 6.05. The van der Waals surface area contributed by atoms with Crippen LogP contribution in [0.15, 0.2) is 42.5 Å². The summed E-state index contributed by atoms with van der Waals surface area (Å²) in [4.78, 5) is 51.1. The van der Waals surface area contributed by atoms with Crippen molar-refractivity contribution in [2.24, 2.45) is 5.92 Å². The minimum absolute atomic E-state index is 0.0911. The summed E-state index contributed by atoms with van der Waals surface area (Å²) < 4.78 is 32.5. The summed E-state index contributed by atoms with van der Waals surface area (Å²) in [6.45, 7) is 2.66. The third kappa shape index (κ3) is 3.98. The van der Waals surface area contributed by atoms with Gasteiger partial charge in [0, 0.05) is 0 Å². The van der Waals surface area contributed by atoms with E-state index in [0.29, 0.717) is 0 Å². The van der Waals surface area contributed by atoms with Gasteiger partial charge in [-0.2, -0.15) is 0 Å². The van der Waals surface area contributed by atoms with Gasteiger partial charge < -0.3 is 4.74 Å². The van der Waals surface area contributed by atoms with Crippen molar-refractivity contribution in [3.8, 4) is 0 Å². The number of carbonyl (C=O) groups is 4. The number of imide groups is 1. The van der Waals surface area contributed by atoms with E-state index in [4.69, 9.17) is 4.74 Å². The lowest BCUT2D eigenvalue weighted by atomic mass is 10.0. The van der Waals surface area contributed by atoms with Crippen molar-refractivity contribution >= 4 is 23.6 Å². The number of benzene rings is 2. The van der Waals surface area contributed by atoms with Crippen LogP contribution in [0.1, 0.15) is 51.3 Å². The van der Waals surface area contributed by atoms with Crippen LogP contribution in [0, 0.1) is 17.6 Å². The van der Waals surface area contributed by atoms with Crippen molar-refractivity contribution in [3.05, 3.63) is 70.8 Å². The number of nitrogens with zero attached hydrogens (tertiary/aromatic N) is 1. The topological polar surface area (TPSA) is 80.8 Å². The molecule has 0 aromatic heterocycles. The van der Waals surface area contributed by atoms with Gasteiger partial charge in [-0.1, -0.05) is 32.0 Å². The number of hydrogen-bond acceptors (Lipinski definition) is 5. The Hall–Kier alpha value is -3.42. The molecule has 30 heavy (non-hydrogen) atoms. The first-order valence-corrected chi connectivity index (χ1v) is 9.33. The number of ether oxygens (including phenoxy) is 1. The Morgan fingerprint density at radius 3 is 1.97 bits per heavy atom. The lowest BCUT2D eigenvalue weighted by molar-refractivity contribution is -0.147. The third-order valence-electron chi connectivity index (χ3n) is 4.69. The average Bonchev–Trinajstić information content (AvgIpc) is 2.95. The van der Waals surface area contributed by atoms with Gasteiger partial charge in [-0.15, -0.1) is 0 Å². The van der Waals surface area contributed by atoms with Gasteiger partial charge in [0.2, 0.25) is 5.78 Å². The second kappa shape index (κ2) is 8.52. The standard InChI is InChI=1S/C22H19F2NO5/c1-12(2)10-17(25-20(27)13-6-3-4-7-14(13)21(25)28)22(29)30-11-18(26)19-15(23)8-5-9-16(19)24/h3-9,12,17H,10-11H2,1-2H3/t17-/m0/s1. The van der Waals surface area contributed by atoms with E-state index in [1.807, 2.05) is 0 Å². The molecule has 2 aromatic rings. The van der Waals surface area contributed by atoms with Gasteiger partial charge in [-0.05, 0) is 36.6 Å². The zero-order valence-electron chi connectivity index (χ0n) is 16.4. The predicted octanol–water partition coefficient (Wildman–Crippen LogP) is 3.40. The highest BCUT2D eigenvalue weighted by molar-refractivity contribution is 6.22. The zero-order chi connectivity index (χ0) is 22.0. The first kappa shape index (κ1) is 21.3. The fourth-order valence-corrected chi connectivity index (χ4v) is 3.31. The Labute approximate surface area is 171 Å². The molecule has 0 N–H and O–H groups in total. The number of amides is 2. The third-order valence-corrected chi connectivity index (χ3v) is 4.69. The van der Waals surface area contributed by atoms with E-state index in [1.165, 1.54) is 12.1 Å². The molecule has 0 aliphatic carbocycles. The average molecular weight is 415 g/mol. The Balaban J connectivity index is 1.80. The van der Waals surface area contributed by atoms with E-state index in [2.05, 4.69) is 0 Å². The predicted molar refractivity (Wildman–Crippen MR) is 102 cm³/mol. The molecule has 156 valence electrons. The van der Waals surface area contributed by atoms with Crippen LogP contribution >= 0.6 is 0 Å². The van der Waals surface area contributed by atoms with Crippen molar-refractivity contribution < 1.29 is 32.7 Å². The van der Waals surface area contributed by atoms with Gasteiger partial charge in [-0.25, -0.2) is 13.6 Å². The van der Waals surface area contributed by atoms with Crippen molar-refractivity contribution in [1.29, 1.82) is 0 Å². The number of hydrogen-bond donors (Lipinski definition) is 0. The Morgan fingerprint density at radius 1 is 0.933 bits per heavy atom. The maximum atomic E-state index is 13.8. The number of halogens is 2. The molecule has 8 heteroatoms. The second-order valence-electron chi connectivity index (χ2n) is 7.30. The molecule has 0 radical (unpaired) electrons. The summed E-state index contributed by atoms with van der Waals surface area (Å²) >= 11 is 0. The zero-order valence-corrected chi connectivity index (χ0v) is 16.4. The summed E-state index contributed by atoms with van der Waals surface area (Å²) in [5, 5.41) is 0. The molecular weight excluding hydrogens is 396 g/mol. The molecule has 0 fully saturated rings. The molecule has 0 bridgehead atoms. The molecule has 3 rings (SSSR count). The molecule has 1 atom stereocenters. The molecule has 2 aromatic carbocycles. The quantitative estimate of drug-likeness (QED) is 0.393. The Bertz CT molecular complexity index is 979. The van der Waals surface area contributed by atoms with Crippen molar-refractivity contribution in [3.63, 3.8) is 0 Å². The molecule has 1 aliphatic heterocycles. The number of rotatable bonds is 7. The minimum atomic E-state index is -1.27. The van der Waals surface area contributed by atoms with E-state index < -0.39 is 53.4 Å². The molecular formula is C22H19F2NO5. The van der Waals surface area contributed by atoms with Gasteiger partial charge >= 0.3 is 5.97 Å². The Morgan fingerprint density at radius 2 is 1.47 bits per heavy atom. The molecule has 6 nitrogen and oxygen atoms in total. The summed E-state index contributed by atoms with van der Waals surface area (Å²) in [6, 6.07) is 7.84. The fraction of sp³-hybridized carbons (Fsp3) is 0.273. The first-order valence-electron chi connectivity index (χ1n) is 9.33. The lowest BCUT2D eigenvalue weighted by Crippen LogP contribution is -2.46.